The van der Waals surface area contributed by atoms with Crippen LogP contribution in [0.15, 0.2) is 16.7 Å². The van der Waals surface area contributed by atoms with Crippen molar-refractivity contribution in [1.82, 2.24) is 10.3 Å². The summed E-state index contributed by atoms with van der Waals surface area (Å²) in [6.45, 7) is 3.40. The molecule has 18 heavy (non-hydrogen) atoms. The number of amides is 1. The fourth-order valence-electron chi connectivity index (χ4n) is 2.27. The minimum absolute atomic E-state index is 0.0678. The Kier molecular flexibility index (Phi) is 3.82. The third-order valence-electron chi connectivity index (χ3n) is 3.34. The molecule has 6 heteroatoms. The molecule has 1 aliphatic rings. The molecule has 98 valence electrons. The minimum atomic E-state index is -0.368. The molecule has 1 aliphatic heterocycles. The van der Waals surface area contributed by atoms with Crippen LogP contribution in [0.4, 0.5) is 5.82 Å². The van der Waals surface area contributed by atoms with Gasteiger partial charge in [-0.1, -0.05) is 11.6 Å². The maximum atomic E-state index is 11.9. The van der Waals surface area contributed by atoms with Gasteiger partial charge < -0.3 is 10.2 Å². The quantitative estimate of drug-likeness (QED) is 0.905. The van der Waals surface area contributed by atoms with Crippen molar-refractivity contribution in [1.29, 1.82) is 0 Å². The van der Waals surface area contributed by atoms with Gasteiger partial charge in [0.2, 0.25) is 5.91 Å². The number of halogens is 2. The van der Waals surface area contributed by atoms with Gasteiger partial charge in [-0.25, -0.2) is 4.98 Å². The summed E-state index contributed by atoms with van der Waals surface area (Å²) in [7, 11) is 1.67. The van der Waals surface area contributed by atoms with E-state index < -0.39 is 0 Å². The molecule has 1 atom stereocenters. The van der Waals surface area contributed by atoms with Gasteiger partial charge in [-0.15, -0.1) is 0 Å². The third kappa shape index (κ3) is 2.47. The molecule has 0 spiro atoms. The number of nitrogens with one attached hydrogen (secondary N) is 1. The molecule has 2 heterocycles. The van der Waals surface area contributed by atoms with Crippen molar-refractivity contribution in [3.63, 3.8) is 0 Å². The van der Waals surface area contributed by atoms with Gasteiger partial charge in [0.25, 0.3) is 0 Å². The smallest absolute Gasteiger partial charge is 0.227 e. The summed E-state index contributed by atoms with van der Waals surface area (Å²) < 4.78 is 0.851. The first-order valence-corrected chi connectivity index (χ1v) is 6.91. The van der Waals surface area contributed by atoms with Gasteiger partial charge in [0, 0.05) is 30.8 Å². The molecule has 0 bridgehead atoms. The Morgan fingerprint density at radius 1 is 1.67 bits per heavy atom. The fourth-order valence-corrected chi connectivity index (χ4v) is 3.02. The largest absolute Gasteiger partial charge is 0.359 e. The van der Waals surface area contributed by atoms with Crippen molar-refractivity contribution in [2.45, 2.75) is 13.3 Å². The van der Waals surface area contributed by atoms with Crippen LogP contribution in [-0.2, 0) is 4.79 Å². The number of hydrogen-bond donors (Lipinski definition) is 1. The number of hydrogen-bond acceptors (Lipinski definition) is 3. The van der Waals surface area contributed by atoms with E-state index in [2.05, 4.69) is 31.1 Å². The first-order valence-electron chi connectivity index (χ1n) is 5.74. The predicted octanol–water partition coefficient (Wildman–Crippen LogP) is 2.46. The highest BCUT2D eigenvalue weighted by molar-refractivity contribution is 9.10. The Morgan fingerprint density at radius 2 is 2.39 bits per heavy atom. The summed E-state index contributed by atoms with van der Waals surface area (Å²) >= 11 is 9.51. The second-order valence-electron chi connectivity index (χ2n) is 4.77. The van der Waals surface area contributed by atoms with E-state index in [9.17, 15) is 4.79 Å². The van der Waals surface area contributed by atoms with Gasteiger partial charge >= 0.3 is 0 Å². The first-order chi connectivity index (χ1) is 8.46. The SMILES string of the molecule is CNC(=O)C1(C)CCN(c2ncc(Br)cc2Cl)C1. The van der Waals surface area contributed by atoms with Gasteiger partial charge in [0.05, 0.1) is 10.4 Å². The molecule has 1 aromatic rings. The predicted molar refractivity (Wildman–Crippen MR) is 76.0 cm³/mol. The van der Waals surface area contributed by atoms with Crippen LogP contribution in [0.25, 0.3) is 0 Å². The Hall–Kier alpha value is -0.810. The van der Waals surface area contributed by atoms with E-state index in [4.69, 9.17) is 11.6 Å². The molecular weight excluding hydrogens is 318 g/mol. The Labute approximate surface area is 120 Å². The molecule has 1 aromatic heterocycles. The average molecular weight is 333 g/mol. The van der Waals surface area contributed by atoms with Crippen molar-refractivity contribution in [3.05, 3.63) is 21.8 Å². The summed E-state index contributed by atoms with van der Waals surface area (Å²) in [4.78, 5) is 18.2. The number of nitrogens with zero attached hydrogens (tertiary/aromatic N) is 2. The van der Waals surface area contributed by atoms with E-state index in [1.807, 2.05) is 13.0 Å². The van der Waals surface area contributed by atoms with Crippen LogP contribution in [0.5, 0.6) is 0 Å². The van der Waals surface area contributed by atoms with E-state index in [1.165, 1.54) is 0 Å². The van der Waals surface area contributed by atoms with Crippen molar-refractivity contribution >= 4 is 39.3 Å². The second kappa shape index (κ2) is 5.05. The molecule has 4 nitrogen and oxygen atoms in total. The highest BCUT2D eigenvalue weighted by Gasteiger charge is 2.40. The van der Waals surface area contributed by atoms with E-state index in [0.717, 1.165) is 23.3 Å². The molecule has 1 amide bonds. The summed E-state index contributed by atoms with van der Waals surface area (Å²) in [5, 5.41) is 3.32. The van der Waals surface area contributed by atoms with E-state index in [-0.39, 0.29) is 11.3 Å². The topological polar surface area (TPSA) is 45.2 Å². The lowest BCUT2D eigenvalue weighted by atomic mass is 9.89. The average Bonchev–Trinajstić information content (AvgIpc) is 2.72. The van der Waals surface area contributed by atoms with E-state index in [1.54, 1.807) is 13.2 Å². The summed E-state index contributed by atoms with van der Waals surface area (Å²) in [5.74, 6) is 0.811. The molecule has 1 saturated heterocycles. The number of anilines is 1. The number of rotatable bonds is 2. The Balaban J connectivity index is 2.20. The van der Waals surface area contributed by atoms with Crippen LogP contribution in [0.3, 0.4) is 0 Å². The molecule has 0 saturated carbocycles. The molecule has 0 aromatic carbocycles. The number of aromatic nitrogens is 1. The summed E-state index contributed by atoms with van der Waals surface area (Å²) in [6.07, 6.45) is 2.53. The van der Waals surface area contributed by atoms with Crippen molar-refractivity contribution in [3.8, 4) is 0 Å². The molecular formula is C12H15BrClN3O. The summed E-state index contributed by atoms with van der Waals surface area (Å²) in [6, 6.07) is 1.82. The van der Waals surface area contributed by atoms with Crippen molar-refractivity contribution in [2.24, 2.45) is 5.41 Å². The second-order valence-corrected chi connectivity index (χ2v) is 6.09. The molecule has 2 rings (SSSR count). The monoisotopic (exact) mass is 331 g/mol. The van der Waals surface area contributed by atoms with Crippen LogP contribution in [0, 0.1) is 5.41 Å². The highest BCUT2D eigenvalue weighted by Crippen LogP contribution is 2.35. The fraction of sp³-hybridized carbons (Fsp3) is 0.500. The third-order valence-corrected chi connectivity index (χ3v) is 4.05. The number of pyridine rings is 1. The Morgan fingerprint density at radius 3 is 3.00 bits per heavy atom. The van der Waals surface area contributed by atoms with Gasteiger partial charge in [0.15, 0.2) is 0 Å². The van der Waals surface area contributed by atoms with Gasteiger partial charge in [-0.3, -0.25) is 4.79 Å². The van der Waals surface area contributed by atoms with Gasteiger partial charge in [-0.2, -0.15) is 0 Å². The maximum Gasteiger partial charge on any atom is 0.227 e. The van der Waals surface area contributed by atoms with Crippen LogP contribution in [0.2, 0.25) is 5.02 Å². The number of carbonyl (C=O) groups excluding carboxylic acids is 1. The van der Waals surface area contributed by atoms with Crippen LogP contribution >= 0.6 is 27.5 Å². The minimum Gasteiger partial charge on any atom is -0.359 e. The normalized spacial score (nSPS) is 23.2. The first kappa shape index (κ1) is 13.6. The lowest BCUT2D eigenvalue weighted by Crippen LogP contribution is -2.39. The molecule has 0 radical (unpaired) electrons. The zero-order valence-electron chi connectivity index (χ0n) is 10.3. The standard InChI is InChI=1S/C12H15BrClN3O/c1-12(11(18)15-2)3-4-17(7-12)10-9(14)5-8(13)6-16-10/h5-6H,3-4,7H2,1-2H3,(H,15,18). The van der Waals surface area contributed by atoms with Crippen LogP contribution in [0.1, 0.15) is 13.3 Å². The maximum absolute atomic E-state index is 11.9. The number of carbonyl (C=O) groups is 1. The lowest BCUT2D eigenvalue weighted by Gasteiger charge is -2.23. The summed E-state index contributed by atoms with van der Waals surface area (Å²) in [5.41, 5.74) is -0.368. The zero-order valence-corrected chi connectivity index (χ0v) is 12.7. The molecule has 0 aliphatic carbocycles. The molecule has 1 unspecified atom stereocenters. The van der Waals surface area contributed by atoms with Crippen molar-refractivity contribution in [2.75, 3.05) is 25.0 Å². The lowest BCUT2D eigenvalue weighted by molar-refractivity contribution is -0.128. The van der Waals surface area contributed by atoms with Crippen LogP contribution < -0.4 is 10.2 Å². The molecule has 1 fully saturated rings. The molecule has 1 N–H and O–H groups in total. The van der Waals surface area contributed by atoms with E-state index in [0.29, 0.717) is 11.6 Å². The van der Waals surface area contributed by atoms with Gasteiger partial charge in [0.1, 0.15) is 5.82 Å². The van der Waals surface area contributed by atoms with E-state index >= 15 is 0 Å². The van der Waals surface area contributed by atoms with Crippen molar-refractivity contribution < 1.29 is 4.79 Å². The highest BCUT2D eigenvalue weighted by atomic mass is 79.9. The zero-order chi connectivity index (χ0) is 13.3. The Bertz CT molecular complexity index is 482. The van der Waals surface area contributed by atoms with Crippen LogP contribution in [-0.4, -0.2) is 31.0 Å². The van der Waals surface area contributed by atoms with Gasteiger partial charge in [-0.05, 0) is 35.3 Å².